The number of rotatable bonds is 2. The minimum atomic E-state index is -0.127. The molecular weight excluding hydrogens is 206 g/mol. The van der Waals surface area contributed by atoms with Gasteiger partial charge in [-0.2, -0.15) is 5.10 Å². The summed E-state index contributed by atoms with van der Waals surface area (Å²) in [5, 5.41) is 14.7. The first-order valence-corrected chi connectivity index (χ1v) is 4.74. The lowest BCUT2D eigenvalue weighted by molar-refractivity contribution is 0.215. The highest BCUT2D eigenvalue weighted by atomic mass is 16.3. The van der Waals surface area contributed by atoms with Gasteiger partial charge in [-0.1, -0.05) is 0 Å². The van der Waals surface area contributed by atoms with Crippen LogP contribution in [-0.4, -0.2) is 29.8 Å². The van der Waals surface area contributed by atoms with E-state index in [0.29, 0.717) is 11.3 Å². The van der Waals surface area contributed by atoms with Gasteiger partial charge in [0, 0.05) is 23.3 Å². The van der Waals surface area contributed by atoms with Crippen LogP contribution in [0.25, 0.3) is 22.3 Å². The zero-order chi connectivity index (χ0) is 11.8. The molecule has 0 unspecified atom stereocenters. The SMILES string of the molecule is [2H]n1cc(-c2ncnc3c2ccn3CO)cn1. The number of hydrogen-bond acceptors (Lipinski definition) is 4. The Labute approximate surface area is 92.0 Å². The fraction of sp³-hybridized carbons (Fsp3) is 0.100. The number of aliphatic hydroxyl groups is 1. The summed E-state index contributed by atoms with van der Waals surface area (Å²) in [7, 11) is 0. The highest BCUT2D eigenvalue weighted by molar-refractivity contribution is 5.90. The minimum absolute atomic E-state index is 0.127. The van der Waals surface area contributed by atoms with Crippen molar-refractivity contribution in [3.05, 3.63) is 31.0 Å². The van der Waals surface area contributed by atoms with Crippen molar-refractivity contribution in [3.63, 3.8) is 0 Å². The summed E-state index contributed by atoms with van der Waals surface area (Å²) in [5.74, 6) is 0. The number of aromatic nitrogens is 5. The number of H-pyrrole nitrogens is 1. The molecule has 0 radical (unpaired) electrons. The smallest absolute Gasteiger partial charge is 0.189 e. The van der Waals surface area contributed by atoms with E-state index in [4.69, 9.17) is 6.52 Å². The van der Waals surface area contributed by atoms with Gasteiger partial charge in [-0.25, -0.2) is 9.97 Å². The highest BCUT2D eigenvalue weighted by Gasteiger charge is 2.09. The topological polar surface area (TPSA) is 79.6 Å². The Morgan fingerprint density at radius 1 is 1.50 bits per heavy atom. The van der Waals surface area contributed by atoms with Crippen molar-refractivity contribution in [1.29, 1.82) is 0 Å². The summed E-state index contributed by atoms with van der Waals surface area (Å²) >= 11 is 0. The second-order valence-corrected chi connectivity index (χ2v) is 3.33. The van der Waals surface area contributed by atoms with E-state index in [9.17, 15) is 0 Å². The Kier molecular flexibility index (Phi) is 1.71. The molecule has 3 aromatic rings. The van der Waals surface area contributed by atoms with Gasteiger partial charge in [0.15, 0.2) is 1.41 Å². The normalized spacial score (nSPS) is 11.9. The van der Waals surface area contributed by atoms with Crippen LogP contribution in [0.3, 0.4) is 0 Å². The van der Waals surface area contributed by atoms with E-state index in [2.05, 4.69) is 15.1 Å². The summed E-state index contributed by atoms with van der Waals surface area (Å²) in [6.45, 7) is -0.127. The third kappa shape index (κ3) is 1.20. The zero-order valence-electron chi connectivity index (χ0n) is 9.28. The summed E-state index contributed by atoms with van der Waals surface area (Å²) < 4.78 is 8.95. The largest absolute Gasteiger partial charge is 0.376 e. The van der Waals surface area contributed by atoms with Crippen LogP contribution in [0.4, 0.5) is 0 Å². The van der Waals surface area contributed by atoms with Crippen molar-refractivity contribution < 1.29 is 6.52 Å². The number of hydrogen-bond donors (Lipinski definition) is 2. The monoisotopic (exact) mass is 216 g/mol. The van der Waals surface area contributed by atoms with Crippen molar-refractivity contribution in [2.75, 3.05) is 0 Å². The third-order valence-electron chi connectivity index (χ3n) is 2.44. The molecule has 3 rings (SSSR count). The second kappa shape index (κ2) is 3.42. The van der Waals surface area contributed by atoms with Crippen molar-refractivity contribution in [2.24, 2.45) is 0 Å². The van der Waals surface area contributed by atoms with E-state index in [1.807, 2.05) is 6.07 Å². The average molecular weight is 216 g/mol. The van der Waals surface area contributed by atoms with Crippen LogP contribution in [0.1, 0.15) is 0 Å². The van der Waals surface area contributed by atoms with Gasteiger partial charge in [-0.05, 0) is 6.07 Å². The summed E-state index contributed by atoms with van der Waals surface area (Å²) in [6, 6.07) is 1.84. The molecule has 80 valence electrons. The van der Waals surface area contributed by atoms with E-state index in [1.165, 1.54) is 6.33 Å². The predicted octanol–water partition coefficient (Wildman–Crippen LogP) is 0.771. The molecule has 0 atom stereocenters. The zero-order valence-corrected chi connectivity index (χ0v) is 8.28. The first-order valence-electron chi connectivity index (χ1n) is 5.19. The molecule has 6 heteroatoms. The van der Waals surface area contributed by atoms with Crippen LogP contribution in [0, 0.1) is 0 Å². The molecule has 0 aliphatic rings. The predicted molar refractivity (Wildman–Crippen MR) is 57.3 cm³/mol. The molecule has 0 aliphatic heterocycles. The molecular formula is C10H9N5O. The molecule has 3 heterocycles. The van der Waals surface area contributed by atoms with Gasteiger partial charge in [0.25, 0.3) is 0 Å². The summed E-state index contributed by atoms with van der Waals surface area (Å²) in [6.07, 6.45) is 6.32. The van der Waals surface area contributed by atoms with Gasteiger partial charge in [0.1, 0.15) is 18.7 Å². The molecule has 6 nitrogen and oxygen atoms in total. The minimum Gasteiger partial charge on any atom is -0.376 e. The Balaban J connectivity index is 2.26. The fourth-order valence-electron chi connectivity index (χ4n) is 1.69. The molecule has 0 fully saturated rings. The number of aliphatic hydroxyl groups excluding tert-OH is 1. The van der Waals surface area contributed by atoms with Crippen molar-refractivity contribution in [1.82, 2.24) is 24.7 Å². The van der Waals surface area contributed by atoms with Crippen molar-refractivity contribution >= 4 is 11.0 Å². The van der Waals surface area contributed by atoms with Gasteiger partial charge < -0.3 is 9.67 Å². The van der Waals surface area contributed by atoms with E-state index >= 15 is 0 Å². The van der Waals surface area contributed by atoms with Gasteiger partial charge in [0.05, 0.1) is 11.9 Å². The lowest BCUT2D eigenvalue weighted by atomic mass is 10.2. The molecule has 2 N–H and O–H groups in total. The summed E-state index contributed by atoms with van der Waals surface area (Å²) in [4.78, 5) is 8.32. The average Bonchev–Trinajstić information content (AvgIpc) is 2.94. The molecule has 0 spiro atoms. The molecule has 0 aromatic carbocycles. The molecule has 0 saturated carbocycles. The van der Waals surface area contributed by atoms with Crippen molar-refractivity contribution in [3.8, 4) is 11.3 Å². The Morgan fingerprint density at radius 3 is 3.19 bits per heavy atom. The van der Waals surface area contributed by atoms with E-state index < -0.39 is 0 Å². The standard InChI is InChI=1S/C10H9N5O/c16-6-15-2-1-8-9(7-3-13-14-4-7)11-5-12-10(8)15/h1-5,16H,6H2,(H,13,14)/i/hD. The molecule has 0 bridgehead atoms. The van der Waals surface area contributed by atoms with Gasteiger partial charge in [-0.15, -0.1) is 0 Å². The highest BCUT2D eigenvalue weighted by Crippen LogP contribution is 2.24. The van der Waals surface area contributed by atoms with Crippen LogP contribution in [-0.2, 0) is 6.73 Å². The van der Waals surface area contributed by atoms with Gasteiger partial charge in [0.2, 0.25) is 0 Å². The number of aromatic amines is 1. The molecule has 3 aromatic heterocycles. The van der Waals surface area contributed by atoms with E-state index in [0.717, 1.165) is 16.0 Å². The lowest BCUT2D eigenvalue weighted by Crippen LogP contribution is -1.96. The fourth-order valence-corrected chi connectivity index (χ4v) is 1.69. The molecule has 16 heavy (non-hydrogen) atoms. The Morgan fingerprint density at radius 2 is 2.44 bits per heavy atom. The number of fused-ring (bicyclic) bond motifs is 1. The number of nitrogens with one attached hydrogen (secondary N) is 1. The van der Waals surface area contributed by atoms with Crippen LogP contribution >= 0.6 is 0 Å². The Bertz CT molecular complexity index is 674. The summed E-state index contributed by atoms with van der Waals surface area (Å²) in [5.41, 5.74) is 2.12. The quantitative estimate of drug-likeness (QED) is 0.663. The molecule has 0 aliphatic carbocycles. The van der Waals surface area contributed by atoms with E-state index in [-0.39, 0.29) is 6.73 Å². The first kappa shape index (κ1) is 8.00. The van der Waals surface area contributed by atoms with Crippen LogP contribution in [0.15, 0.2) is 31.0 Å². The molecule has 0 amide bonds. The van der Waals surface area contributed by atoms with Crippen LogP contribution in [0.2, 0.25) is 1.41 Å². The van der Waals surface area contributed by atoms with Crippen LogP contribution < -0.4 is 0 Å². The van der Waals surface area contributed by atoms with Crippen LogP contribution in [0.5, 0.6) is 0 Å². The van der Waals surface area contributed by atoms with E-state index in [1.54, 1.807) is 23.2 Å². The van der Waals surface area contributed by atoms with Crippen molar-refractivity contribution in [2.45, 2.75) is 6.73 Å². The maximum absolute atomic E-state index is 9.15. The maximum Gasteiger partial charge on any atom is 0.189 e. The Hall–Kier alpha value is -2.21. The third-order valence-corrected chi connectivity index (χ3v) is 2.44. The van der Waals surface area contributed by atoms with Gasteiger partial charge >= 0.3 is 0 Å². The lowest BCUT2D eigenvalue weighted by Gasteiger charge is -2.00. The van der Waals surface area contributed by atoms with Gasteiger partial charge in [-0.3, -0.25) is 5.09 Å². The molecule has 0 saturated heterocycles. The first-order chi connectivity index (χ1) is 8.29. The maximum atomic E-state index is 9.15. The number of nitrogens with zero attached hydrogens (tertiary/aromatic N) is 4. The second-order valence-electron chi connectivity index (χ2n) is 3.33.